The molecule has 0 aromatic heterocycles. The van der Waals surface area contributed by atoms with Crippen molar-refractivity contribution in [3.05, 3.63) is 48.2 Å². The number of rotatable bonds is 4. The number of hydrogen-bond acceptors (Lipinski definition) is 3. The van der Waals surface area contributed by atoms with E-state index in [1.807, 2.05) is 18.2 Å². The van der Waals surface area contributed by atoms with E-state index in [-0.39, 0.29) is 12.7 Å². The first kappa shape index (κ1) is 14.9. The quantitative estimate of drug-likeness (QED) is 0.922. The molecule has 6 heteroatoms. The van der Waals surface area contributed by atoms with Gasteiger partial charge in [-0.3, -0.25) is 0 Å². The largest absolute Gasteiger partial charge is 0.405 e. The molecule has 0 spiro atoms. The highest BCUT2D eigenvalue weighted by Crippen LogP contribution is 2.41. The third kappa shape index (κ3) is 4.02. The molecular formula is C16H18F3N3. The Morgan fingerprint density at radius 3 is 2.50 bits per heavy atom. The van der Waals surface area contributed by atoms with E-state index in [0.29, 0.717) is 11.8 Å². The van der Waals surface area contributed by atoms with Gasteiger partial charge < -0.3 is 10.2 Å². The van der Waals surface area contributed by atoms with Gasteiger partial charge in [0.2, 0.25) is 0 Å². The molecule has 1 aromatic carbocycles. The number of nitrogens with zero attached hydrogens (tertiary/aromatic N) is 2. The fourth-order valence-electron chi connectivity index (χ4n) is 2.59. The number of aliphatic imine (C=N–C) groups is 1. The van der Waals surface area contributed by atoms with Crippen LogP contribution in [0.15, 0.2) is 47.6 Å². The van der Waals surface area contributed by atoms with Gasteiger partial charge in [-0.05, 0) is 30.4 Å². The van der Waals surface area contributed by atoms with E-state index >= 15 is 0 Å². The maximum atomic E-state index is 12.3. The Hall–Kier alpha value is -1.98. The number of amidine groups is 1. The van der Waals surface area contributed by atoms with E-state index in [4.69, 9.17) is 0 Å². The average Bonchev–Trinajstić information content (AvgIpc) is 3.30. The van der Waals surface area contributed by atoms with E-state index in [9.17, 15) is 13.2 Å². The molecule has 0 unspecified atom stereocenters. The maximum Gasteiger partial charge on any atom is 0.405 e. The lowest BCUT2D eigenvalue weighted by molar-refractivity contribution is -0.140. The molecule has 0 radical (unpaired) electrons. The first-order chi connectivity index (χ1) is 10.5. The van der Waals surface area contributed by atoms with Crippen molar-refractivity contribution in [2.75, 3.05) is 13.2 Å². The van der Waals surface area contributed by atoms with Gasteiger partial charge in [-0.15, -0.1) is 0 Å². The molecule has 22 heavy (non-hydrogen) atoms. The van der Waals surface area contributed by atoms with Gasteiger partial charge in [-0.2, -0.15) is 13.2 Å². The molecule has 1 saturated carbocycles. The molecule has 3 nitrogen and oxygen atoms in total. The molecule has 1 fully saturated rings. The Morgan fingerprint density at radius 2 is 1.95 bits per heavy atom. The van der Waals surface area contributed by atoms with Crippen LogP contribution in [0, 0.1) is 5.92 Å². The smallest absolute Gasteiger partial charge is 0.363 e. The van der Waals surface area contributed by atoms with E-state index in [1.54, 1.807) is 6.08 Å². The Balaban J connectivity index is 1.62. The minimum Gasteiger partial charge on any atom is -0.363 e. The molecule has 3 rings (SSSR count). The van der Waals surface area contributed by atoms with E-state index in [0.717, 1.165) is 4.90 Å². The van der Waals surface area contributed by atoms with Crippen LogP contribution in [0.3, 0.4) is 0 Å². The monoisotopic (exact) mass is 309 g/mol. The van der Waals surface area contributed by atoms with Crippen molar-refractivity contribution in [1.29, 1.82) is 0 Å². The van der Waals surface area contributed by atoms with Crippen LogP contribution in [-0.4, -0.2) is 30.1 Å². The maximum absolute atomic E-state index is 12.3. The molecule has 1 aliphatic carbocycles. The Kier molecular flexibility index (Phi) is 4.09. The predicted octanol–water partition coefficient (Wildman–Crippen LogP) is 3.47. The summed E-state index contributed by atoms with van der Waals surface area (Å²) in [5.74, 6) is 1.23. The second-order valence-electron chi connectivity index (χ2n) is 5.73. The lowest BCUT2D eigenvalue weighted by atomic mass is 10.0. The highest BCUT2D eigenvalue weighted by atomic mass is 19.4. The molecule has 0 saturated heterocycles. The van der Waals surface area contributed by atoms with Crippen molar-refractivity contribution >= 4 is 5.84 Å². The van der Waals surface area contributed by atoms with Crippen LogP contribution in [0.2, 0.25) is 0 Å². The van der Waals surface area contributed by atoms with Gasteiger partial charge >= 0.3 is 6.18 Å². The second-order valence-corrected chi connectivity index (χ2v) is 5.73. The lowest BCUT2D eigenvalue weighted by Crippen LogP contribution is -2.36. The standard InChI is InChI=1S/C16H18F3N3/c17-16(18,19)10-22-9-8-14(20-11-22)21-15(13-6-7-13)12-4-2-1-3-5-12/h1-5,8-9,13,15H,6-7,10-11H2,(H,20,21)/t15-/m1/s1. The van der Waals surface area contributed by atoms with Gasteiger partial charge in [0.15, 0.2) is 0 Å². The number of alkyl halides is 3. The minimum atomic E-state index is -4.20. The van der Waals surface area contributed by atoms with Gasteiger partial charge in [0, 0.05) is 6.20 Å². The summed E-state index contributed by atoms with van der Waals surface area (Å²) >= 11 is 0. The van der Waals surface area contributed by atoms with Crippen molar-refractivity contribution in [2.24, 2.45) is 10.9 Å². The fraction of sp³-hybridized carbons (Fsp3) is 0.438. The first-order valence-corrected chi connectivity index (χ1v) is 7.36. The summed E-state index contributed by atoms with van der Waals surface area (Å²) in [7, 11) is 0. The average molecular weight is 309 g/mol. The van der Waals surface area contributed by atoms with E-state index < -0.39 is 12.7 Å². The number of benzene rings is 1. The number of halogens is 3. The summed E-state index contributed by atoms with van der Waals surface area (Å²) in [5.41, 5.74) is 1.19. The van der Waals surface area contributed by atoms with Crippen LogP contribution in [0.1, 0.15) is 24.4 Å². The van der Waals surface area contributed by atoms with Gasteiger partial charge in [-0.25, -0.2) is 4.99 Å². The molecule has 1 N–H and O–H groups in total. The zero-order valence-corrected chi connectivity index (χ0v) is 12.1. The van der Waals surface area contributed by atoms with Crippen LogP contribution in [0.5, 0.6) is 0 Å². The van der Waals surface area contributed by atoms with Crippen molar-refractivity contribution in [3.8, 4) is 0 Å². The lowest BCUT2D eigenvalue weighted by Gasteiger charge is -2.26. The minimum absolute atomic E-state index is 0.0323. The predicted molar refractivity (Wildman–Crippen MR) is 79.2 cm³/mol. The second kappa shape index (κ2) is 6.02. The van der Waals surface area contributed by atoms with E-state index in [2.05, 4.69) is 22.4 Å². The van der Waals surface area contributed by atoms with Gasteiger partial charge in [0.05, 0.1) is 6.04 Å². The van der Waals surface area contributed by atoms with Crippen molar-refractivity contribution in [2.45, 2.75) is 25.1 Å². The molecule has 1 aromatic rings. The van der Waals surface area contributed by atoms with E-state index in [1.165, 1.54) is 24.6 Å². The number of hydrogen-bond donors (Lipinski definition) is 1. The van der Waals surface area contributed by atoms with Crippen molar-refractivity contribution < 1.29 is 13.2 Å². The molecule has 1 atom stereocenters. The SMILES string of the molecule is FC(F)(F)CN1C=CC(N[C@H](c2ccccc2)C2CC2)=NC1. The van der Waals surface area contributed by atoms with Crippen LogP contribution in [-0.2, 0) is 0 Å². The molecule has 1 heterocycles. The van der Waals surface area contributed by atoms with Crippen molar-refractivity contribution in [3.63, 3.8) is 0 Å². The topological polar surface area (TPSA) is 27.6 Å². The Morgan fingerprint density at radius 1 is 1.23 bits per heavy atom. The molecule has 2 aliphatic rings. The third-order valence-electron chi connectivity index (χ3n) is 3.80. The highest BCUT2D eigenvalue weighted by Gasteiger charge is 2.33. The molecule has 0 amide bonds. The first-order valence-electron chi connectivity index (χ1n) is 7.36. The summed E-state index contributed by atoms with van der Waals surface area (Å²) < 4.78 is 37.0. The molecule has 118 valence electrons. The van der Waals surface area contributed by atoms with Gasteiger partial charge in [0.25, 0.3) is 0 Å². The zero-order chi connectivity index (χ0) is 15.6. The Labute approximate surface area is 127 Å². The molecule has 0 bridgehead atoms. The molecule has 1 aliphatic heterocycles. The summed E-state index contributed by atoms with van der Waals surface area (Å²) in [5, 5.41) is 3.37. The van der Waals surface area contributed by atoms with Gasteiger partial charge in [-0.1, -0.05) is 30.3 Å². The van der Waals surface area contributed by atoms with Crippen LogP contribution in [0.4, 0.5) is 13.2 Å². The highest BCUT2D eigenvalue weighted by molar-refractivity contribution is 5.93. The normalized spacial score (nSPS) is 19.8. The summed E-state index contributed by atoms with van der Waals surface area (Å²) in [6, 6.07) is 10.3. The third-order valence-corrected chi connectivity index (χ3v) is 3.80. The summed E-state index contributed by atoms with van der Waals surface area (Å²) in [6.45, 7) is -0.935. The Bertz CT molecular complexity index is 562. The fourth-order valence-corrected chi connectivity index (χ4v) is 2.59. The summed E-state index contributed by atoms with van der Waals surface area (Å²) in [4.78, 5) is 5.37. The van der Waals surface area contributed by atoms with Gasteiger partial charge in [0.1, 0.15) is 19.0 Å². The number of nitrogens with one attached hydrogen (secondary N) is 1. The van der Waals surface area contributed by atoms with Crippen LogP contribution < -0.4 is 5.32 Å². The van der Waals surface area contributed by atoms with Crippen LogP contribution in [0.25, 0.3) is 0 Å². The van der Waals surface area contributed by atoms with Crippen molar-refractivity contribution in [1.82, 2.24) is 10.2 Å². The zero-order valence-electron chi connectivity index (χ0n) is 12.1. The van der Waals surface area contributed by atoms with Crippen LogP contribution >= 0.6 is 0 Å². The summed E-state index contributed by atoms with van der Waals surface area (Å²) in [6.07, 6.45) is 1.21. The molecular weight excluding hydrogens is 291 g/mol.